The Balaban J connectivity index is 1.75. The van der Waals surface area contributed by atoms with E-state index in [1.54, 1.807) is 19.2 Å². The van der Waals surface area contributed by atoms with Gasteiger partial charge in [-0.2, -0.15) is 0 Å². The Labute approximate surface area is 151 Å². The van der Waals surface area contributed by atoms with E-state index < -0.39 is 5.97 Å². The van der Waals surface area contributed by atoms with E-state index in [1.807, 2.05) is 0 Å². The Kier molecular flexibility index (Phi) is 5.63. The number of hydrogen-bond acceptors (Lipinski definition) is 4. The molecule has 5 nitrogen and oxygen atoms in total. The summed E-state index contributed by atoms with van der Waals surface area (Å²) in [6.45, 7) is 0.901. The summed E-state index contributed by atoms with van der Waals surface area (Å²) in [6.07, 6.45) is 2.99. The normalized spacial score (nSPS) is 29.6. The summed E-state index contributed by atoms with van der Waals surface area (Å²) in [6, 6.07) is 4.77. The van der Waals surface area contributed by atoms with Gasteiger partial charge in [-0.3, -0.25) is 4.90 Å². The van der Waals surface area contributed by atoms with Crippen LogP contribution in [0.15, 0.2) is 18.2 Å². The third-order valence-corrected chi connectivity index (χ3v) is 5.87. The zero-order valence-corrected chi connectivity index (χ0v) is 15.0. The number of carboxylic acids is 1. The molecular formula is C18H23ClFNO4. The number of nitrogens with zero attached hydrogens (tertiary/aromatic N) is 1. The minimum atomic E-state index is -0.968. The van der Waals surface area contributed by atoms with Crippen molar-refractivity contribution in [1.29, 1.82) is 0 Å². The van der Waals surface area contributed by atoms with Crippen LogP contribution in [0, 0.1) is 5.82 Å². The highest BCUT2D eigenvalue weighted by atomic mass is 35.5. The molecule has 1 aromatic rings. The van der Waals surface area contributed by atoms with Gasteiger partial charge in [0.1, 0.15) is 12.4 Å². The van der Waals surface area contributed by atoms with E-state index in [9.17, 15) is 9.18 Å². The smallest absolute Gasteiger partial charge is 0.329 e. The lowest BCUT2D eigenvalue weighted by Crippen LogP contribution is -2.51. The van der Waals surface area contributed by atoms with Gasteiger partial charge in [0.15, 0.2) is 0 Å². The van der Waals surface area contributed by atoms with Crippen molar-refractivity contribution < 1.29 is 23.8 Å². The number of carbonyl (C=O) groups is 1. The van der Waals surface area contributed by atoms with Crippen molar-refractivity contribution in [3.63, 3.8) is 0 Å². The molecule has 0 aromatic heterocycles. The van der Waals surface area contributed by atoms with Gasteiger partial charge in [-0.15, -0.1) is 0 Å². The van der Waals surface area contributed by atoms with E-state index in [2.05, 4.69) is 4.90 Å². The average Bonchev–Trinajstić information content (AvgIpc) is 2.95. The maximum Gasteiger partial charge on any atom is 0.329 e. The van der Waals surface area contributed by atoms with E-state index in [1.165, 1.54) is 6.07 Å². The zero-order valence-electron chi connectivity index (χ0n) is 14.2. The molecular weight excluding hydrogens is 349 g/mol. The van der Waals surface area contributed by atoms with Crippen molar-refractivity contribution in [1.82, 2.24) is 4.90 Å². The SMILES string of the molecule is CO[C@@]12CC[C@@H](OCC(=O)O)C[C@@H]1N(Cc1c(F)cccc1Cl)CC2. The molecule has 1 aromatic carbocycles. The molecule has 138 valence electrons. The third kappa shape index (κ3) is 3.82. The first-order valence-corrected chi connectivity index (χ1v) is 8.88. The van der Waals surface area contributed by atoms with Crippen LogP contribution in [0.5, 0.6) is 0 Å². The molecule has 1 aliphatic carbocycles. The first-order chi connectivity index (χ1) is 11.9. The summed E-state index contributed by atoms with van der Waals surface area (Å²) in [4.78, 5) is 12.9. The van der Waals surface area contributed by atoms with Crippen LogP contribution in [-0.2, 0) is 20.8 Å². The fourth-order valence-electron chi connectivity index (χ4n) is 4.17. The van der Waals surface area contributed by atoms with E-state index in [-0.39, 0.29) is 30.2 Å². The predicted octanol–water partition coefficient (Wildman–Crippen LogP) is 3.09. The molecule has 0 unspecified atom stereocenters. The van der Waals surface area contributed by atoms with Gasteiger partial charge in [-0.05, 0) is 37.8 Å². The molecule has 1 saturated heterocycles. The molecule has 1 heterocycles. The molecule has 1 aliphatic heterocycles. The number of benzene rings is 1. The van der Waals surface area contributed by atoms with Crippen molar-refractivity contribution in [2.75, 3.05) is 20.3 Å². The van der Waals surface area contributed by atoms with Crippen molar-refractivity contribution in [3.8, 4) is 0 Å². The second kappa shape index (κ2) is 7.58. The molecule has 1 saturated carbocycles. The lowest BCUT2D eigenvalue weighted by molar-refractivity contribution is -0.148. The van der Waals surface area contributed by atoms with Gasteiger partial charge in [0.2, 0.25) is 0 Å². The molecule has 7 heteroatoms. The number of halogens is 2. The number of rotatable bonds is 6. The van der Waals surface area contributed by atoms with Crippen LogP contribution in [0.25, 0.3) is 0 Å². The standard InChI is InChI=1S/C18H23ClFNO4/c1-24-18-6-5-12(25-11-17(22)23)9-16(18)21(8-7-18)10-13-14(19)3-2-4-15(13)20/h2-4,12,16H,5-11H2,1H3,(H,22,23)/t12-,16+,18-/m1/s1. The number of fused-ring (bicyclic) bond motifs is 1. The summed E-state index contributed by atoms with van der Waals surface area (Å²) < 4.78 is 25.5. The molecule has 0 bridgehead atoms. The first-order valence-electron chi connectivity index (χ1n) is 8.50. The fourth-order valence-corrected chi connectivity index (χ4v) is 4.39. The Morgan fingerprint density at radius 1 is 1.48 bits per heavy atom. The summed E-state index contributed by atoms with van der Waals surface area (Å²) in [7, 11) is 1.71. The van der Waals surface area contributed by atoms with Gasteiger partial charge in [-0.25, -0.2) is 9.18 Å². The lowest BCUT2D eigenvalue weighted by Gasteiger charge is -2.43. The maximum atomic E-state index is 14.2. The molecule has 1 N–H and O–H groups in total. The number of carboxylic acid groups (broad SMARTS) is 1. The monoisotopic (exact) mass is 371 g/mol. The molecule has 3 rings (SSSR count). The Bertz CT molecular complexity index is 623. The highest BCUT2D eigenvalue weighted by Gasteiger charge is 2.51. The van der Waals surface area contributed by atoms with Crippen LogP contribution in [0.3, 0.4) is 0 Å². The van der Waals surface area contributed by atoms with Crippen LogP contribution in [-0.4, -0.2) is 54.0 Å². The molecule has 3 atom stereocenters. The highest BCUT2D eigenvalue weighted by molar-refractivity contribution is 6.31. The van der Waals surface area contributed by atoms with Crippen LogP contribution in [0.4, 0.5) is 4.39 Å². The van der Waals surface area contributed by atoms with Crippen molar-refractivity contribution in [3.05, 3.63) is 34.6 Å². The molecule has 0 amide bonds. The number of methoxy groups -OCH3 is 1. The molecule has 2 aliphatic rings. The lowest BCUT2D eigenvalue weighted by atomic mass is 9.79. The molecule has 25 heavy (non-hydrogen) atoms. The molecule has 0 radical (unpaired) electrons. The van der Waals surface area contributed by atoms with Crippen LogP contribution < -0.4 is 0 Å². The second-order valence-electron chi connectivity index (χ2n) is 6.81. The van der Waals surface area contributed by atoms with Gasteiger partial charge in [-0.1, -0.05) is 17.7 Å². The second-order valence-corrected chi connectivity index (χ2v) is 7.21. The Morgan fingerprint density at radius 3 is 2.96 bits per heavy atom. The highest BCUT2D eigenvalue weighted by Crippen LogP contribution is 2.44. The Hall–Kier alpha value is -1.21. The topological polar surface area (TPSA) is 59.0 Å². The van der Waals surface area contributed by atoms with Crippen LogP contribution >= 0.6 is 11.6 Å². The molecule has 2 fully saturated rings. The third-order valence-electron chi connectivity index (χ3n) is 5.52. The van der Waals surface area contributed by atoms with E-state index in [0.717, 1.165) is 25.8 Å². The average molecular weight is 372 g/mol. The fraction of sp³-hybridized carbons (Fsp3) is 0.611. The summed E-state index contributed by atoms with van der Waals surface area (Å²) in [5.74, 6) is -1.28. The van der Waals surface area contributed by atoms with Crippen molar-refractivity contribution in [2.24, 2.45) is 0 Å². The van der Waals surface area contributed by atoms with E-state index >= 15 is 0 Å². The summed E-state index contributed by atoms with van der Waals surface area (Å²) in [5.41, 5.74) is 0.213. The summed E-state index contributed by atoms with van der Waals surface area (Å²) >= 11 is 6.18. The van der Waals surface area contributed by atoms with Crippen LogP contribution in [0.1, 0.15) is 31.2 Å². The van der Waals surface area contributed by atoms with Crippen molar-refractivity contribution in [2.45, 2.75) is 50.0 Å². The Morgan fingerprint density at radius 2 is 2.28 bits per heavy atom. The minimum absolute atomic E-state index is 0.0562. The van der Waals surface area contributed by atoms with E-state index in [4.69, 9.17) is 26.2 Å². The van der Waals surface area contributed by atoms with Gasteiger partial charge < -0.3 is 14.6 Å². The number of aliphatic carboxylic acids is 1. The van der Waals surface area contributed by atoms with Gasteiger partial charge in [0.25, 0.3) is 0 Å². The van der Waals surface area contributed by atoms with Gasteiger partial charge in [0, 0.05) is 36.8 Å². The van der Waals surface area contributed by atoms with Crippen molar-refractivity contribution >= 4 is 17.6 Å². The largest absolute Gasteiger partial charge is 0.480 e. The van der Waals surface area contributed by atoms with Gasteiger partial charge >= 0.3 is 5.97 Å². The van der Waals surface area contributed by atoms with E-state index in [0.29, 0.717) is 23.6 Å². The molecule has 0 spiro atoms. The maximum absolute atomic E-state index is 14.2. The predicted molar refractivity (Wildman–Crippen MR) is 91.2 cm³/mol. The first kappa shape index (κ1) is 18.6. The number of ether oxygens (including phenoxy) is 2. The quantitative estimate of drug-likeness (QED) is 0.832. The summed E-state index contributed by atoms with van der Waals surface area (Å²) in [5, 5.41) is 9.24. The number of likely N-dealkylation sites (tertiary alicyclic amines) is 1. The number of hydrogen-bond donors (Lipinski definition) is 1. The minimum Gasteiger partial charge on any atom is -0.480 e. The van der Waals surface area contributed by atoms with Gasteiger partial charge in [0.05, 0.1) is 11.7 Å². The van der Waals surface area contributed by atoms with Crippen LogP contribution in [0.2, 0.25) is 5.02 Å². The zero-order chi connectivity index (χ0) is 18.0.